The van der Waals surface area contributed by atoms with Crippen LogP contribution in [0.4, 0.5) is 4.39 Å². The van der Waals surface area contributed by atoms with Gasteiger partial charge in [-0.15, -0.1) is 11.8 Å². The lowest BCUT2D eigenvalue weighted by Crippen LogP contribution is -2.50. The first-order valence-electron chi connectivity index (χ1n) is 10.4. The predicted molar refractivity (Wildman–Crippen MR) is 123 cm³/mol. The maximum Gasteiger partial charge on any atom is 0.243 e. The van der Waals surface area contributed by atoms with Crippen LogP contribution < -0.4 is 10.1 Å². The molecule has 2 rings (SSSR count). The van der Waals surface area contributed by atoms with Crippen LogP contribution >= 0.6 is 11.8 Å². The van der Waals surface area contributed by atoms with E-state index in [0.29, 0.717) is 24.5 Å². The van der Waals surface area contributed by atoms with Crippen molar-refractivity contribution >= 4 is 23.6 Å². The molecule has 0 aliphatic heterocycles. The summed E-state index contributed by atoms with van der Waals surface area (Å²) in [7, 11) is 1.60. The molecule has 2 aromatic carbocycles. The van der Waals surface area contributed by atoms with Crippen LogP contribution in [-0.4, -0.2) is 41.7 Å². The van der Waals surface area contributed by atoms with Gasteiger partial charge in [0.1, 0.15) is 17.6 Å². The summed E-state index contributed by atoms with van der Waals surface area (Å²) < 4.78 is 18.4. The summed E-state index contributed by atoms with van der Waals surface area (Å²) in [4.78, 5) is 27.6. The van der Waals surface area contributed by atoms with Crippen molar-refractivity contribution in [2.75, 3.05) is 12.9 Å². The first-order valence-corrected chi connectivity index (χ1v) is 11.5. The minimum absolute atomic E-state index is 0.0110. The number of carbonyl (C=O) groups excluding carboxylic acids is 2. The summed E-state index contributed by atoms with van der Waals surface area (Å²) in [6.07, 6.45) is 0.511. The molecule has 2 aromatic rings. The highest BCUT2D eigenvalue weighted by atomic mass is 32.2. The molecule has 0 spiro atoms. The van der Waals surface area contributed by atoms with Crippen molar-refractivity contribution in [3.63, 3.8) is 0 Å². The fraction of sp³-hybridized carbons (Fsp3) is 0.417. The summed E-state index contributed by atoms with van der Waals surface area (Å²) in [5.74, 6) is 0.977. The van der Waals surface area contributed by atoms with Crippen LogP contribution in [0.1, 0.15) is 38.3 Å². The van der Waals surface area contributed by atoms with Crippen molar-refractivity contribution in [2.45, 2.75) is 51.6 Å². The Kier molecular flexibility index (Phi) is 9.85. The third-order valence-electron chi connectivity index (χ3n) is 4.71. The molecule has 0 aromatic heterocycles. The first kappa shape index (κ1) is 24.7. The summed E-state index contributed by atoms with van der Waals surface area (Å²) in [5, 5.41) is 2.92. The molecule has 2 amide bonds. The van der Waals surface area contributed by atoms with Gasteiger partial charge < -0.3 is 15.0 Å². The second-order valence-electron chi connectivity index (χ2n) is 7.58. The van der Waals surface area contributed by atoms with Gasteiger partial charge in [0, 0.05) is 18.3 Å². The van der Waals surface area contributed by atoms with Crippen LogP contribution in [-0.2, 0) is 21.9 Å². The molecule has 168 valence electrons. The number of halogens is 1. The maximum absolute atomic E-state index is 13.2. The quantitative estimate of drug-likeness (QED) is 0.556. The number of thioether (sulfide) groups is 1. The second kappa shape index (κ2) is 12.3. The van der Waals surface area contributed by atoms with Crippen LogP contribution in [0.15, 0.2) is 48.5 Å². The van der Waals surface area contributed by atoms with E-state index in [-0.39, 0.29) is 29.4 Å². The molecular formula is C24H31FN2O3S. The van der Waals surface area contributed by atoms with E-state index in [1.54, 1.807) is 24.1 Å². The number of nitrogens with zero attached hydrogens (tertiary/aromatic N) is 1. The van der Waals surface area contributed by atoms with E-state index in [9.17, 15) is 14.0 Å². The molecular weight excluding hydrogens is 415 g/mol. The van der Waals surface area contributed by atoms with Crippen molar-refractivity contribution in [3.05, 3.63) is 65.5 Å². The number of rotatable bonds is 11. The largest absolute Gasteiger partial charge is 0.497 e. The van der Waals surface area contributed by atoms with E-state index in [1.165, 1.54) is 23.9 Å². The number of benzene rings is 2. The van der Waals surface area contributed by atoms with Gasteiger partial charge in [-0.25, -0.2) is 4.39 Å². The van der Waals surface area contributed by atoms with Crippen molar-refractivity contribution < 1.29 is 18.7 Å². The average Bonchev–Trinajstić information content (AvgIpc) is 2.74. The van der Waals surface area contributed by atoms with Crippen LogP contribution in [0.5, 0.6) is 5.75 Å². The summed E-state index contributed by atoms with van der Waals surface area (Å²) >= 11 is 1.45. The number of hydrogen-bond acceptors (Lipinski definition) is 4. The highest BCUT2D eigenvalue weighted by molar-refractivity contribution is 7.99. The van der Waals surface area contributed by atoms with Crippen LogP contribution in [0.3, 0.4) is 0 Å². The van der Waals surface area contributed by atoms with Gasteiger partial charge in [0.15, 0.2) is 0 Å². The van der Waals surface area contributed by atoms with Gasteiger partial charge in [0.2, 0.25) is 11.8 Å². The zero-order valence-corrected chi connectivity index (χ0v) is 19.4. The number of carbonyl (C=O) groups is 2. The molecule has 7 heteroatoms. The SMILES string of the molecule is CC[C@@H](C(=O)NC(C)C)N(Cc1cccc(OC)c1)C(=O)CSCc1ccc(F)cc1. The summed E-state index contributed by atoms with van der Waals surface area (Å²) in [6.45, 7) is 6.02. The van der Waals surface area contributed by atoms with Crippen LogP contribution in [0.25, 0.3) is 0 Å². The zero-order chi connectivity index (χ0) is 22.8. The third kappa shape index (κ3) is 7.90. The van der Waals surface area contributed by atoms with Crippen molar-refractivity contribution in [1.29, 1.82) is 0 Å². The number of ether oxygens (including phenoxy) is 1. The molecule has 5 nitrogen and oxygen atoms in total. The molecule has 0 unspecified atom stereocenters. The predicted octanol–water partition coefficient (Wildman–Crippen LogP) is 4.40. The van der Waals surface area contributed by atoms with Gasteiger partial charge in [-0.2, -0.15) is 0 Å². The minimum atomic E-state index is -0.562. The van der Waals surface area contributed by atoms with Crippen molar-refractivity contribution in [2.24, 2.45) is 0 Å². The van der Waals surface area contributed by atoms with Gasteiger partial charge in [-0.3, -0.25) is 9.59 Å². The van der Waals surface area contributed by atoms with E-state index in [1.807, 2.05) is 45.0 Å². The van der Waals surface area contributed by atoms with Crippen LogP contribution in [0.2, 0.25) is 0 Å². The molecule has 1 N–H and O–H groups in total. The second-order valence-corrected chi connectivity index (χ2v) is 8.57. The lowest BCUT2D eigenvalue weighted by molar-refractivity contribution is -0.139. The molecule has 1 atom stereocenters. The monoisotopic (exact) mass is 446 g/mol. The molecule has 0 bridgehead atoms. The minimum Gasteiger partial charge on any atom is -0.497 e. The van der Waals surface area contributed by atoms with Crippen molar-refractivity contribution in [1.82, 2.24) is 10.2 Å². The number of hydrogen-bond donors (Lipinski definition) is 1. The Morgan fingerprint density at radius 2 is 1.84 bits per heavy atom. The van der Waals surface area contributed by atoms with Gasteiger partial charge >= 0.3 is 0 Å². The maximum atomic E-state index is 13.2. The zero-order valence-electron chi connectivity index (χ0n) is 18.6. The number of methoxy groups -OCH3 is 1. The van der Waals surface area contributed by atoms with E-state index >= 15 is 0 Å². The molecule has 0 aliphatic rings. The number of amides is 2. The van der Waals surface area contributed by atoms with Gasteiger partial charge in [-0.1, -0.05) is 31.2 Å². The van der Waals surface area contributed by atoms with E-state index in [2.05, 4.69) is 5.32 Å². The fourth-order valence-electron chi connectivity index (χ4n) is 3.19. The summed E-state index contributed by atoms with van der Waals surface area (Å²) in [5.41, 5.74) is 1.84. The Bertz CT molecular complexity index is 858. The lowest BCUT2D eigenvalue weighted by atomic mass is 10.1. The average molecular weight is 447 g/mol. The van der Waals surface area contributed by atoms with Crippen molar-refractivity contribution in [3.8, 4) is 5.75 Å². The molecule has 31 heavy (non-hydrogen) atoms. The van der Waals surface area contributed by atoms with Gasteiger partial charge in [-0.05, 0) is 55.7 Å². The van der Waals surface area contributed by atoms with E-state index in [4.69, 9.17) is 4.74 Å². The smallest absolute Gasteiger partial charge is 0.243 e. The Hall–Kier alpha value is -2.54. The Labute approximate surface area is 188 Å². The van der Waals surface area contributed by atoms with Gasteiger partial charge in [0.25, 0.3) is 0 Å². The first-order chi connectivity index (χ1) is 14.8. The molecule has 0 heterocycles. The fourth-order valence-corrected chi connectivity index (χ4v) is 4.06. The van der Waals surface area contributed by atoms with Crippen LogP contribution in [0, 0.1) is 5.82 Å². The standard InChI is InChI=1S/C24H31FN2O3S/c1-5-22(24(29)26-17(2)3)27(14-19-7-6-8-21(13-19)30-4)23(28)16-31-15-18-9-11-20(25)12-10-18/h6-13,17,22H,5,14-16H2,1-4H3,(H,26,29)/t22-/m0/s1. The Balaban J connectivity index is 2.14. The molecule has 0 aliphatic carbocycles. The molecule has 0 saturated heterocycles. The Morgan fingerprint density at radius 1 is 1.13 bits per heavy atom. The third-order valence-corrected chi connectivity index (χ3v) is 5.70. The highest BCUT2D eigenvalue weighted by Crippen LogP contribution is 2.20. The molecule has 0 saturated carbocycles. The summed E-state index contributed by atoms with van der Waals surface area (Å²) in [6, 6.07) is 13.2. The highest BCUT2D eigenvalue weighted by Gasteiger charge is 2.28. The lowest BCUT2D eigenvalue weighted by Gasteiger charge is -2.31. The van der Waals surface area contributed by atoms with Gasteiger partial charge in [0.05, 0.1) is 12.9 Å². The molecule has 0 fully saturated rings. The van der Waals surface area contributed by atoms with E-state index in [0.717, 1.165) is 11.1 Å². The molecule has 0 radical (unpaired) electrons. The topological polar surface area (TPSA) is 58.6 Å². The Morgan fingerprint density at radius 3 is 2.45 bits per heavy atom. The van der Waals surface area contributed by atoms with E-state index < -0.39 is 6.04 Å². The normalized spacial score (nSPS) is 11.8. The number of nitrogens with one attached hydrogen (secondary N) is 1.